The summed E-state index contributed by atoms with van der Waals surface area (Å²) in [5.74, 6) is 1.03. The number of rotatable bonds is 4. The maximum absolute atomic E-state index is 11.8. The SMILES string of the molecule is CCSc1ccc(NC(=O)Nc2ccc(Cl)cc2)cc1. The molecule has 5 heteroatoms. The highest BCUT2D eigenvalue weighted by molar-refractivity contribution is 7.99. The molecular weight excluding hydrogens is 292 g/mol. The van der Waals surface area contributed by atoms with Crippen LogP contribution in [-0.2, 0) is 0 Å². The molecular formula is C15H15ClN2OS. The van der Waals surface area contributed by atoms with Gasteiger partial charge in [0.15, 0.2) is 0 Å². The van der Waals surface area contributed by atoms with Gasteiger partial charge in [-0.1, -0.05) is 18.5 Å². The third-order valence-electron chi connectivity index (χ3n) is 2.53. The number of anilines is 2. The van der Waals surface area contributed by atoms with E-state index in [1.54, 1.807) is 36.0 Å². The van der Waals surface area contributed by atoms with Gasteiger partial charge in [-0.15, -0.1) is 11.8 Å². The van der Waals surface area contributed by atoms with Gasteiger partial charge >= 0.3 is 6.03 Å². The van der Waals surface area contributed by atoms with E-state index in [9.17, 15) is 4.79 Å². The van der Waals surface area contributed by atoms with Gasteiger partial charge in [0.05, 0.1) is 0 Å². The van der Waals surface area contributed by atoms with Gasteiger partial charge in [0.2, 0.25) is 0 Å². The van der Waals surface area contributed by atoms with Crippen LogP contribution in [0.5, 0.6) is 0 Å². The van der Waals surface area contributed by atoms with Gasteiger partial charge in [-0.3, -0.25) is 0 Å². The Bertz CT molecular complexity index is 569. The fourth-order valence-electron chi connectivity index (χ4n) is 1.63. The molecule has 0 aromatic heterocycles. The minimum atomic E-state index is -0.275. The predicted octanol–water partition coefficient (Wildman–Crippen LogP) is 5.10. The van der Waals surface area contributed by atoms with Gasteiger partial charge in [0.1, 0.15) is 0 Å². The summed E-state index contributed by atoms with van der Waals surface area (Å²) in [4.78, 5) is 13.0. The van der Waals surface area contributed by atoms with Crippen LogP contribution in [0.25, 0.3) is 0 Å². The lowest BCUT2D eigenvalue weighted by molar-refractivity contribution is 0.262. The van der Waals surface area contributed by atoms with E-state index in [1.165, 1.54) is 4.90 Å². The average molecular weight is 307 g/mol. The van der Waals surface area contributed by atoms with Crippen molar-refractivity contribution in [3.05, 3.63) is 53.6 Å². The molecule has 0 unspecified atom stereocenters. The summed E-state index contributed by atoms with van der Waals surface area (Å²) in [6, 6.07) is 14.5. The summed E-state index contributed by atoms with van der Waals surface area (Å²) in [5, 5.41) is 6.16. The number of benzene rings is 2. The Morgan fingerprint density at radius 3 is 2.00 bits per heavy atom. The summed E-state index contributed by atoms with van der Waals surface area (Å²) < 4.78 is 0. The minimum Gasteiger partial charge on any atom is -0.308 e. The molecule has 2 amide bonds. The summed E-state index contributed by atoms with van der Waals surface area (Å²) in [6.45, 7) is 2.11. The number of halogens is 1. The number of hydrogen-bond acceptors (Lipinski definition) is 2. The molecule has 0 aliphatic rings. The van der Waals surface area contributed by atoms with E-state index in [1.807, 2.05) is 24.3 Å². The topological polar surface area (TPSA) is 41.1 Å². The zero-order valence-electron chi connectivity index (χ0n) is 11.0. The van der Waals surface area contributed by atoms with Gasteiger partial charge < -0.3 is 10.6 Å². The fraction of sp³-hybridized carbons (Fsp3) is 0.133. The van der Waals surface area contributed by atoms with Crippen LogP contribution in [0.3, 0.4) is 0 Å². The second kappa shape index (κ2) is 7.22. The van der Waals surface area contributed by atoms with Crippen molar-refractivity contribution in [2.75, 3.05) is 16.4 Å². The van der Waals surface area contributed by atoms with Crippen LogP contribution in [-0.4, -0.2) is 11.8 Å². The standard InChI is InChI=1S/C15H15ClN2OS/c1-2-20-14-9-7-13(8-10-14)18-15(19)17-12-5-3-11(16)4-6-12/h3-10H,2H2,1H3,(H2,17,18,19). The highest BCUT2D eigenvalue weighted by Crippen LogP contribution is 2.20. The number of thioether (sulfide) groups is 1. The average Bonchev–Trinajstić information content (AvgIpc) is 2.44. The lowest BCUT2D eigenvalue weighted by Gasteiger charge is -2.08. The van der Waals surface area contributed by atoms with E-state index < -0.39 is 0 Å². The maximum atomic E-state index is 11.8. The molecule has 0 fully saturated rings. The van der Waals surface area contributed by atoms with Gasteiger partial charge in [-0.25, -0.2) is 4.79 Å². The molecule has 2 aromatic carbocycles. The molecule has 3 nitrogen and oxygen atoms in total. The van der Waals surface area contributed by atoms with E-state index >= 15 is 0 Å². The monoisotopic (exact) mass is 306 g/mol. The molecule has 0 atom stereocenters. The van der Waals surface area contributed by atoms with E-state index in [0.29, 0.717) is 10.7 Å². The zero-order chi connectivity index (χ0) is 14.4. The van der Waals surface area contributed by atoms with E-state index in [4.69, 9.17) is 11.6 Å². The van der Waals surface area contributed by atoms with Crippen molar-refractivity contribution >= 4 is 40.8 Å². The molecule has 2 aromatic rings. The van der Waals surface area contributed by atoms with Crippen molar-refractivity contribution in [3.63, 3.8) is 0 Å². The van der Waals surface area contributed by atoms with Crippen molar-refractivity contribution in [1.82, 2.24) is 0 Å². The number of amides is 2. The van der Waals surface area contributed by atoms with Crippen molar-refractivity contribution in [1.29, 1.82) is 0 Å². The van der Waals surface area contributed by atoms with Crippen LogP contribution in [0.15, 0.2) is 53.4 Å². The summed E-state index contributed by atoms with van der Waals surface area (Å²) in [6.07, 6.45) is 0. The van der Waals surface area contributed by atoms with Crippen molar-refractivity contribution in [2.24, 2.45) is 0 Å². The molecule has 0 heterocycles. The van der Waals surface area contributed by atoms with Gasteiger partial charge in [-0.05, 0) is 54.3 Å². The third-order valence-corrected chi connectivity index (χ3v) is 3.67. The number of carbonyl (C=O) groups excluding carboxylic acids is 1. The molecule has 0 aliphatic carbocycles. The quantitative estimate of drug-likeness (QED) is 0.772. The van der Waals surface area contributed by atoms with Crippen LogP contribution < -0.4 is 10.6 Å². The molecule has 2 N–H and O–H groups in total. The smallest absolute Gasteiger partial charge is 0.308 e. The third kappa shape index (κ3) is 4.47. The normalized spacial score (nSPS) is 10.1. The number of nitrogens with one attached hydrogen (secondary N) is 2. The Hall–Kier alpha value is -1.65. The lowest BCUT2D eigenvalue weighted by atomic mass is 10.3. The Balaban J connectivity index is 1.92. The highest BCUT2D eigenvalue weighted by Gasteiger charge is 2.02. The highest BCUT2D eigenvalue weighted by atomic mass is 35.5. The predicted molar refractivity (Wildman–Crippen MR) is 86.9 cm³/mol. The molecule has 20 heavy (non-hydrogen) atoms. The van der Waals surface area contributed by atoms with Crippen molar-refractivity contribution in [3.8, 4) is 0 Å². The van der Waals surface area contributed by atoms with Crippen molar-refractivity contribution in [2.45, 2.75) is 11.8 Å². The maximum Gasteiger partial charge on any atom is 0.323 e. The molecule has 0 saturated heterocycles. The molecule has 2 rings (SSSR count). The Morgan fingerprint density at radius 2 is 1.50 bits per heavy atom. The van der Waals surface area contributed by atoms with Gasteiger partial charge in [-0.2, -0.15) is 0 Å². The fourth-order valence-corrected chi connectivity index (χ4v) is 2.42. The lowest BCUT2D eigenvalue weighted by Crippen LogP contribution is -2.19. The Kier molecular flexibility index (Phi) is 5.32. The number of hydrogen-bond donors (Lipinski definition) is 2. The summed E-state index contributed by atoms with van der Waals surface area (Å²) >= 11 is 7.55. The Labute approximate surface area is 127 Å². The largest absolute Gasteiger partial charge is 0.323 e. The van der Waals surface area contributed by atoms with Crippen LogP contribution in [0.1, 0.15) is 6.92 Å². The first kappa shape index (κ1) is 14.8. The molecule has 0 bridgehead atoms. The zero-order valence-corrected chi connectivity index (χ0v) is 12.6. The van der Waals surface area contributed by atoms with Crippen LogP contribution >= 0.6 is 23.4 Å². The number of carbonyl (C=O) groups is 1. The van der Waals surface area contributed by atoms with E-state index in [2.05, 4.69) is 17.6 Å². The second-order valence-corrected chi connectivity index (χ2v) is 5.82. The first-order valence-corrected chi connectivity index (χ1v) is 7.60. The summed E-state index contributed by atoms with van der Waals surface area (Å²) in [7, 11) is 0. The molecule has 0 aliphatic heterocycles. The van der Waals surface area contributed by atoms with Crippen molar-refractivity contribution < 1.29 is 4.79 Å². The summed E-state index contributed by atoms with van der Waals surface area (Å²) in [5.41, 5.74) is 1.46. The molecule has 0 radical (unpaired) electrons. The van der Waals surface area contributed by atoms with E-state index in [-0.39, 0.29) is 6.03 Å². The van der Waals surface area contributed by atoms with Gasteiger partial charge in [0, 0.05) is 21.3 Å². The van der Waals surface area contributed by atoms with Crippen LogP contribution in [0.4, 0.5) is 16.2 Å². The number of urea groups is 1. The molecule has 104 valence electrons. The van der Waals surface area contributed by atoms with Crippen LogP contribution in [0.2, 0.25) is 5.02 Å². The Morgan fingerprint density at radius 1 is 1.00 bits per heavy atom. The first-order valence-electron chi connectivity index (χ1n) is 6.24. The molecule has 0 spiro atoms. The minimum absolute atomic E-state index is 0.275. The second-order valence-electron chi connectivity index (χ2n) is 4.04. The van der Waals surface area contributed by atoms with Gasteiger partial charge in [0.25, 0.3) is 0 Å². The molecule has 0 saturated carbocycles. The van der Waals surface area contributed by atoms with E-state index in [0.717, 1.165) is 11.4 Å². The van der Waals surface area contributed by atoms with Crippen LogP contribution in [0, 0.1) is 0 Å². The first-order chi connectivity index (χ1) is 9.67.